The zero-order valence-electron chi connectivity index (χ0n) is 16.0. The Labute approximate surface area is 161 Å². The van der Waals surface area contributed by atoms with Gasteiger partial charge in [0.05, 0.1) is 24.1 Å². The molecule has 0 fully saturated rings. The van der Waals surface area contributed by atoms with Crippen molar-refractivity contribution >= 4 is 29.6 Å². The number of nitro benzene ring substituents is 1. The van der Waals surface area contributed by atoms with Crippen molar-refractivity contribution in [1.29, 1.82) is 0 Å². The first-order valence-corrected chi connectivity index (χ1v) is 8.74. The maximum atomic E-state index is 12.8. The third-order valence-corrected chi connectivity index (χ3v) is 4.63. The smallest absolute Gasteiger partial charge is 0.315 e. The van der Waals surface area contributed by atoms with E-state index in [1.165, 1.54) is 25.1 Å². The van der Waals surface area contributed by atoms with Gasteiger partial charge in [-0.05, 0) is 20.8 Å². The Morgan fingerprint density at radius 3 is 2.43 bits per heavy atom. The fourth-order valence-electron chi connectivity index (χ4n) is 3.54. The van der Waals surface area contributed by atoms with Crippen LogP contribution in [-0.2, 0) is 23.9 Å². The molecule has 1 aliphatic heterocycles. The lowest BCUT2D eigenvalue weighted by atomic mass is 9.69. The summed E-state index contributed by atoms with van der Waals surface area (Å²) in [6.45, 7) is 4.87. The monoisotopic (exact) mass is 390 g/mol. The van der Waals surface area contributed by atoms with Gasteiger partial charge < -0.3 is 14.3 Å². The van der Waals surface area contributed by atoms with Crippen LogP contribution in [0.4, 0.5) is 5.69 Å². The average molecular weight is 390 g/mol. The highest BCUT2D eigenvalue weighted by Gasteiger charge is 2.50. The van der Waals surface area contributed by atoms with E-state index in [2.05, 4.69) is 4.99 Å². The minimum Gasteiger partial charge on any atom is -0.469 e. The van der Waals surface area contributed by atoms with Gasteiger partial charge in [0.25, 0.3) is 5.69 Å². The summed E-state index contributed by atoms with van der Waals surface area (Å²) in [5.41, 5.74) is 0.156. The highest BCUT2D eigenvalue weighted by molar-refractivity contribution is 6.04. The number of hydrogen-bond donors (Lipinski definition) is 0. The number of nitrogens with zero attached hydrogens (tertiary/aromatic N) is 2. The number of aliphatic imine (C=N–C) groups is 1. The standard InChI is InChI=1S/C19H22N2O7/c1-10(2)28-19(24)15-11(3)20-13(9-22)17(18(23)27-4)16(15)12-7-5-6-8-14(12)21(25)26/h5-10,13,15-17H,1-4H3. The molecule has 28 heavy (non-hydrogen) atoms. The highest BCUT2D eigenvalue weighted by Crippen LogP contribution is 2.44. The zero-order chi connectivity index (χ0) is 21.0. The molecule has 0 amide bonds. The number of ether oxygens (including phenoxy) is 2. The number of hydrogen-bond acceptors (Lipinski definition) is 8. The van der Waals surface area contributed by atoms with Crippen molar-refractivity contribution in [3.63, 3.8) is 0 Å². The Bertz CT molecular complexity index is 818. The molecule has 1 aromatic carbocycles. The molecule has 0 saturated heterocycles. The summed E-state index contributed by atoms with van der Waals surface area (Å²) in [6.07, 6.45) is 0.0451. The van der Waals surface area contributed by atoms with Crippen molar-refractivity contribution in [2.24, 2.45) is 16.8 Å². The van der Waals surface area contributed by atoms with Crippen LogP contribution < -0.4 is 0 Å². The molecular formula is C19H22N2O7. The zero-order valence-corrected chi connectivity index (χ0v) is 16.0. The molecule has 9 nitrogen and oxygen atoms in total. The third kappa shape index (κ3) is 4.08. The number of carbonyl (C=O) groups excluding carboxylic acids is 3. The number of esters is 2. The topological polar surface area (TPSA) is 125 Å². The molecule has 1 aliphatic rings. The lowest BCUT2D eigenvalue weighted by Crippen LogP contribution is -2.47. The van der Waals surface area contributed by atoms with Gasteiger partial charge in [-0.25, -0.2) is 0 Å². The maximum Gasteiger partial charge on any atom is 0.315 e. The van der Waals surface area contributed by atoms with E-state index in [0.29, 0.717) is 6.29 Å². The molecule has 1 heterocycles. The van der Waals surface area contributed by atoms with E-state index in [9.17, 15) is 24.5 Å². The van der Waals surface area contributed by atoms with Crippen LogP contribution in [0.5, 0.6) is 0 Å². The highest BCUT2D eigenvalue weighted by atomic mass is 16.6. The number of rotatable bonds is 6. The van der Waals surface area contributed by atoms with Crippen LogP contribution in [0.15, 0.2) is 29.3 Å². The Morgan fingerprint density at radius 1 is 1.25 bits per heavy atom. The molecule has 4 atom stereocenters. The fraction of sp³-hybridized carbons (Fsp3) is 0.474. The minimum atomic E-state index is -1.20. The van der Waals surface area contributed by atoms with E-state index in [1.54, 1.807) is 19.9 Å². The molecule has 0 aliphatic carbocycles. The van der Waals surface area contributed by atoms with Crippen LogP contribution in [0.1, 0.15) is 32.3 Å². The number of methoxy groups -OCH3 is 1. The van der Waals surface area contributed by atoms with Gasteiger partial charge in [-0.2, -0.15) is 0 Å². The van der Waals surface area contributed by atoms with Crippen molar-refractivity contribution in [2.75, 3.05) is 7.11 Å². The fourth-order valence-corrected chi connectivity index (χ4v) is 3.54. The number of nitro groups is 1. The molecule has 9 heteroatoms. The summed E-state index contributed by atoms with van der Waals surface area (Å²) >= 11 is 0. The van der Waals surface area contributed by atoms with Crippen LogP contribution in [0.2, 0.25) is 0 Å². The Morgan fingerprint density at radius 2 is 1.89 bits per heavy atom. The molecule has 0 bridgehead atoms. The van der Waals surface area contributed by atoms with Gasteiger partial charge in [-0.3, -0.25) is 24.7 Å². The summed E-state index contributed by atoms with van der Waals surface area (Å²) in [7, 11) is 1.15. The molecule has 0 radical (unpaired) electrons. The van der Waals surface area contributed by atoms with Gasteiger partial charge in [0.15, 0.2) is 0 Å². The summed E-state index contributed by atoms with van der Waals surface area (Å²) in [6, 6.07) is 4.68. The summed E-state index contributed by atoms with van der Waals surface area (Å²) in [5, 5.41) is 11.6. The molecule has 150 valence electrons. The van der Waals surface area contributed by atoms with Crippen LogP contribution >= 0.6 is 0 Å². The number of benzene rings is 1. The predicted molar refractivity (Wildman–Crippen MR) is 99.0 cm³/mol. The van der Waals surface area contributed by atoms with E-state index < -0.39 is 46.8 Å². The Hall–Kier alpha value is -3.10. The first-order valence-electron chi connectivity index (χ1n) is 8.74. The number of carbonyl (C=O) groups is 3. The molecule has 1 aromatic rings. The van der Waals surface area contributed by atoms with Crippen LogP contribution in [0.3, 0.4) is 0 Å². The first kappa shape index (κ1) is 21.2. The van der Waals surface area contributed by atoms with Gasteiger partial charge in [0, 0.05) is 23.3 Å². The van der Waals surface area contributed by atoms with Crippen molar-refractivity contribution < 1.29 is 28.8 Å². The van der Waals surface area contributed by atoms with Crippen LogP contribution in [0.25, 0.3) is 0 Å². The first-order chi connectivity index (χ1) is 13.2. The Balaban J connectivity index is 2.74. The summed E-state index contributed by atoms with van der Waals surface area (Å²) in [4.78, 5) is 52.1. The molecule has 4 unspecified atom stereocenters. The third-order valence-electron chi connectivity index (χ3n) is 4.63. The molecule has 0 aromatic heterocycles. The normalized spacial score (nSPS) is 24.2. The summed E-state index contributed by atoms with van der Waals surface area (Å²) < 4.78 is 10.1. The summed E-state index contributed by atoms with van der Waals surface area (Å²) in [5.74, 6) is -4.75. The van der Waals surface area contributed by atoms with Gasteiger partial charge in [0.1, 0.15) is 18.2 Å². The van der Waals surface area contributed by atoms with Crippen molar-refractivity contribution in [1.82, 2.24) is 0 Å². The van der Waals surface area contributed by atoms with E-state index in [-0.39, 0.29) is 17.0 Å². The van der Waals surface area contributed by atoms with Gasteiger partial charge in [-0.15, -0.1) is 0 Å². The van der Waals surface area contributed by atoms with Gasteiger partial charge in [0.2, 0.25) is 0 Å². The largest absolute Gasteiger partial charge is 0.469 e. The molecule has 0 N–H and O–H groups in total. The van der Waals surface area contributed by atoms with Crippen molar-refractivity contribution in [2.45, 2.75) is 38.8 Å². The number of aldehydes is 1. The molecule has 0 spiro atoms. The second-order valence-corrected chi connectivity index (χ2v) is 6.75. The second-order valence-electron chi connectivity index (χ2n) is 6.75. The van der Waals surface area contributed by atoms with Crippen LogP contribution in [0, 0.1) is 22.0 Å². The van der Waals surface area contributed by atoms with Crippen LogP contribution in [-0.4, -0.2) is 48.1 Å². The molecule has 0 saturated carbocycles. The lowest BCUT2D eigenvalue weighted by molar-refractivity contribution is -0.385. The average Bonchev–Trinajstić information content (AvgIpc) is 2.65. The minimum absolute atomic E-state index is 0.148. The number of para-hydroxylation sites is 1. The van der Waals surface area contributed by atoms with E-state index in [4.69, 9.17) is 9.47 Å². The predicted octanol–water partition coefficient (Wildman–Crippen LogP) is 2.08. The molecule has 2 rings (SSSR count). The van der Waals surface area contributed by atoms with E-state index >= 15 is 0 Å². The maximum absolute atomic E-state index is 12.8. The SMILES string of the molecule is COC(=O)C1C(C=O)N=C(C)C(C(=O)OC(C)C)C1c1ccccc1[N+](=O)[O-]. The van der Waals surface area contributed by atoms with Crippen molar-refractivity contribution in [3.05, 3.63) is 39.9 Å². The second kappa shape index (κ2) is 8.73. The molecular weight excluding hydrogens is 368 g/mol. The van der Waals surface area contributed by atoms with Crippen molar-refractivity contribution in [3.8, 4) is 0 Å². The van der Waals surface area contributed by atoms with E-state index in [0.717, 1.165) is 7.11 Å². The quantitative estimate of drug-likeness (QED) is 0.315. The Kier molecular flexibility index (Phi) is 6.61. The lowest BCUT2D eigenvalue weighted by Gasteiger charge is -2.37. The van der Waals surface area contributed by atoms with Gasteiger partial charge >= 0.3 is 11.9 Å². The van der Waals surface area contributed by atoms with Gasteiger partial charge in [-0.1, -0.05) is 18.2 Å². The van der Waals surface area contributed by atoms with E-state index in [1.807, 2.05) is 0 Å².